The van der Waals surface area contributed by atoms with E-state index < -0.39 is 0 Å². The highest BCUT2D eigenvalue weighted by atomic mass is 32.2. The SMILES string of the molecule is NCC(O)C1CCCS1. The van der Waals surface area contributed by atoms with Gasteiger partial charge in [0.05, 0.1) is 6.10 Å². The average Bonchev–Trinajstić information content (AvgIpc) is 2.37. The average molecular weight is 147 g/mol. The summed E-state index contributed by atoms with van der Waals surface area (Å²) in [6.45, 7) is 0.414. The van der Waals surface area contributed by atoms with E-state index in [1.54, 1.807) is 0 Å². The van der Waals surface area contributed by atoms with Gasteiger partial charge in [0.15, 0.2) is 0 Å². The van der Waals surface area contributed by atoms with E-state index in [1.165, 1.54) is 12.2 Å². The number of thioether (sulfide) groups is 1. The van der Waals surface area contributed by atoms with Crippen LogP contribution in [0.2, 0.25) is 0 Å². The zero-order valence-electron chi connectivity index (χ0n) is 5.42. The van der Waals surface area contributed by atoms with Gasteiger partial charge in [0.1, 0.15) is 0 Å². The second kappa shape index (κ2) is 3.44. The summed E-state index contributed by atoms with van der Waals surface area (Å²) in [6, 6.07) is 0. The van der Waals surface area contributed by atoms with Crippen LogP contribution in [0, 0.1) is 0 Å². The van der Waals surface area contributed by atoms with E-state index in [4.69, 9.17) is 5.73 Å². The summed E-state index contributed by atoms with van der Waals surface area (Å²) in [5.74, 6) is 1.20. The minimum atomic E-state index is -0.266. The lowest BCUT2D eigenvalue weighted by Gasteiger charge is -2.13. The Morgan fingerprint density at radius 1 is 1.78 bits per heavy atom. The number of rotatable bonds is 2. The lowest BCUT2D eigenvalue weighted by molar-refractivity contribution is 0.178. The van der Waals surface area contributed by atoms with Crippen molar-refractivity contribution in [1.82, 2.24) is 0 Å². The largest absolute Gasteiger partial charge is 0.391 e. The van der Waals surface area contributed by atoms with E-state index >= 15 is 0 Å². The molecule has 0 aromatic carbocycles. The fourth-order valence-electron chi connectivity index (χ4n) is 1.06. The molecule has 0 aromatic heterocycles. The number of aliphatic hydroxyl groups excluding tert-OH is 1. The zero-order valence-corrected chi connectivity index (χ0v) is 6.23. The number of aliphatic hydroxyl groups is 1. The predicted octanol–water partition coefficient (Wildman–Crippen LogP) is 0.202. The van der Waals surface area contributed by atoms with Crippen molar-refractivity contribution >= 4 is 11.8 Å². The van der Waals surface area contributed by atoms with Crippen molar-refractivity contribution in [2.45, 2.75) is 24.2 Å². The molecule has 1 aliphatic rings. The van der Waals surface area contributed by atoms with Crippen LogP contribution in [0.4, 0.5) is 0 Å². The van der Waals surface area contributed by atoms with Gasteiger partial charge in [0.25, 0.3) is 0 Å². The highest BCUT2D eigenvalue weighted by Crippen LogP contribution is 2.28. The third-order valence-corrected chi connectivity index (χ3v) is 3.14. The first kappa shape index (κ1) is 7.38. The van der Waals surface area contributed by atoms with Gasteiger partial charge in [-0.25, -0.2) is 0 Å². The molecular weight excluding hydrogens is 134 g/mol. The minimum absolute atomic E-state index is 0.266. The van der Waals surface area contributed by atoms with Gasteiger partial charge in [-0.1, -0.05) is 0 Å². The molecule has 1 rings (SSSR count). The molecule has 9 heavy (non-hydrogen) atoms. The van der Waals surface area contributed by atoms with E-state index in [-0.39, 0.29) is 6.10 Å². The summed E-state index contributed by atoms with van der Waals surface area (Å²) in [6.07, 6.45) is 2.12. The molecule has 0 spiro atoms. The van der Waals surface area contributed by atoms with Crippen molar-refractivity contribution < 1.29 is 5.11 Å². The van der Waals surface area contributed by atoms with E-state index in [1.807, 2.05) is 11.8 Å². The third-order valence-electron chi connectivity index (χ3n) is 1.64. The Balaban J connectivity index is 2.24. The van der Waals surface area contributed by atoms with Gasteiger partial charge in [-0.2, -0.15) is 11.8 Å². The van der Waals surface area contributed by atoms with Gasteiger partial charge in [-0.15, -0.1) is 0 Å². The first-order valence-corrected chi connectivity index (χ1v) is 4.39. The summed E-state index contributed by atoms with van der Waals surface area (Å²) < 4.78 is 0. The van der Waals surface area contributed by atoms with Gasteiger partial charge < -0.3 is 10.8 Å². The first-order chi connectivity index (χ1) is 4.34. The van der Waals surface area contributed by atoms with Gasteiger partial charge in [-0.05, 0) is 18.6 Å². The fraction of sp³-hybridized carbons (Fsp3) is 1.00. The summed E-state index contributed by atoms with van der Waals surface area (Å²) in [7, 11) is 0. The molecule has 2 atom stereocenters. The standard InChI is InChI=1S/C6H13NOS/c7-4-5(8)6-2-1-3-9-6/h5-6,8H,1-4,7H2. The molecule has 2 unspecified atom stereocenters. The maximum Gasteiger partial charge on any atom is 0.0780 e. The van der Waals surface area contributed by atoms with Crippen LogP contribution >= 0.6 is 11.8 Å². The molecule has 1 aliphatic heterocycles. The Labute approximate surface area is 59.8 Å². The monoisotopic (exact) mass is 147 g/mol. The number of hydrogen-bond acceptors (Lipinski definition) is 3. The second-order valence-corrected chi connectivity index (χ2v) is 3.70. The number of nitrogens with two attached hydrogens (primary N) is 1. The summed E-state index contributed by atoms with van der Waals surface area (Å²) in [4.78, 5) is 0. The molecule has 3 heteroatoms. The van der Waals surface area contributed by atoms with Crippen LogP contribution in [0.3, 0.4) is 0 Å². The smallest absolute Gasteiger partial charge is 0.0780 e. The van der Waals surface area contributed by atoms with Crippen LogP contribution < -0.4 is 5.73 Å². The highest BCUT2D eigenvalue weighted by Gasteiger charge is 2.21. The molecule has 2 nitrogen and oxygen atoms in total. The Morgan fingerprint density at radius 2 is 2.56 bits per heavy atom. The Hall–Kier alpha value is 0.270. The quantitative estimate of drug-likeness (QED) is 0.586. The molecule has 54 valence electrons. The first-order valence-electron chi connectivity index (χ1n) is 3.34. The lowest BCUT2D eigenvalue weighted by atomic mass is 10.2. The van der Waals surface area contributed by atoms with Crippen molar-refractivity contribution in [3.8, 4) is 0 Å². The fourth-order valence-corrected chi connectivity index (χ4v) is 2.36. The van der Waals surface area contributed by atoms with E-state index in [9.17, 15) is 5.11 Å². The molecule has 1 saturated heterocycles. The molecule has 0 bridgehead atoms. The van der Waals surface area contributed by atoms with Crippen molar-refractivity contribution in [3.05, 3.63) is 0 Å². The van der Waals surface area contributed by atoms with Crippen LogP contribution in [0.5, 0.6) is 0 Å². The molecule has 0 aliphatic carbocycles. The molecule has 0 saturated carbocycles. The summed E-state index contributed by atoms with van der Waals surface area (Å²) in [5, 5.41) is 9.64. The van der Waals surface area contributed by atoms with Crippen molar-refractivity contribution in [1.29, 1.82) is 0 Å². The third kappa shape index (κ3) is 1.85. The van der Waals surface area contributed by atoms with Crippen LogP contribution in [0.1, 0.15) is 12.8 Å². The number of hydrogen-bond donors (Lipinski definition) is 2. The topological polar surface area (TPSA) is 46.2 Å². The predicted molar refractivity (Wildman–Crippen MR) is 40.5 cm³/mol. The Morgan fingerprint density at radius 3 is 3.00 bits per heavy atom. The molecule has 0 aromatic rings. The molecule has 1 fully saturated rings. The van der Waals surface area contributed by atoms with E-state index in [0.717, 1.165) is 6.42 Å². The minimum Gasteiger partial charge on any atom is -0.391 e. The maximum absolute atomic E-state index is 9.21. The molecule has 0 radical (unpaired) electrons. The lowest BCUT2D eigenvalue weighted by Crippen LogP contribution is -2.29. The molecular formula is C6H13NOS. The van der Waals surface area contributed by atoms with Crippen LogP contribution in [0.25, 0.3) is 0 Å². The van der Waals surface area contributed by atoms with Crippen LogP contribution in [-0.4, -0.2) is 28.8 Å². The maximum atomic E-state index is 9.21. The molecule has 3 N–H and O–H groups in total. The molecule has 0 amide bonds. The summed E-state index contributed by atoms with van der Waals surface area (Å²) in [5.41, 5.74) is 5.29. The zero-order chi connectivity index (χ0) is 6.69. The summed E-state index contributed by atoms with van der Waals surface area (Å²) >= 11 is 1.85. The van der Waals surface area contributed by atoms with E-state index in [2.05, 4.69) is 0 Å². The Kier molecular flexibility index (Phi) is 2.82. The van der Waals surface area contributed by atoms with Gasteiger partial charge in [0, 0.05) is 11.8 Å². The van der Waals surface area contributed by atoms with Gasteiger partial charge >= 0.3 is 0 Å². The molecule has 1 heterocycles. The van der Waals surface area contributed by atoms with Gasteiger partial charge in [-0.3, -0.25) is 0 Å². The van der Waals surface area contributed by atoms with Gasteiger partial charge in [0.2, 0.25) is 0 Å². The van der Waals surface area contributed by atoms with E-state index in [0.29, 0.717) is 11.8 Å². The highest BCUT2D eigenvalue weighted by molar-refractivity contribution is 8.00. The van der Waals surface area contributed by atoms with Crippen molar-refractivity contribution in [2.75, 3.05) is 12.3 Å². The second-order valence-electron chi connectivity index (χ2n) is 2.35. The van der Waals surface area contributed by atoms with Crippen molar-refractivity contribution in [3.63, 3.8) is 0 Å². The van der Waals surface area contributed by atoms with Crippen LogP contribution in [-0.2, 0) is 0 Å². The van der Waals surface area contributed by atoms with Crippen LogP contribution in [0.15, 0.2) is 0 Å². The van der Waals surface area contributed by atoms with Crippen molar-refractivity contribution in [2.24, 2.45) is 5.73 Å². The normalized spacial score (nSPS) is 30.7. The Bertz CT molecular complexity index is 83.1.